The van der Waals surface area contributed by atoms with Crippen molar-refractivity contribution in [2.24, 2.45) is 5.92 Å². The predicted octanol–water partition coefficient (Wildman–Crippen LogP) is 5.35. The van der Waals surface area contributed by atoms with E-state index >= 15 is 0 Å². The Morgan fingerprint density at radius 2 is 1.80 bits per heavy atom. The van der Waals surface area contributed by atoms with Gasteiger partial charge in [-0.1, -0.05) is 24.3 Å². The highest BCUT2D eigenvalue weighted by atomic mass is 19.4. The SMILES string of the molecule is Cc1ccc(-c2[nH]nc3c2C(c2ccc(C(F)(F)F)cc2)C(C#N)C(=N)O3)cc1C. The van der Waals surface area contributed by atoms with E-state index in [0.29, 0.717) is 16.8 Å². The number of halogens is 3. The summed E-state index contributed by atoms with van der Waals surface area (Å²) >= 11 is 0. The molecule has 1 aliphatic rings. The van der Waals surface area contributed by atoms with Gasteiger partial charge < -0.3 is 4.74 Å². The van der Waals surface area contributed by atoms with Crippen LogP contribution in [0.1, 0.15) is 33.7 Å². The van der Waals surface area contributed by atoms with Gasteiger partial charge in [-0.3, -0.25) is 10.5 Å². The first-order valence-corrected chi connectivity index (χ1v) is 9.19. The standard InChI is InChI=1S/C22H17F3N4O/c1-11-3-4-14(9-12(11)2)19-18-17(13-5-7-15(8-6-13)22(23,24)25)16(10-26)20(27)30-21(18)29-28-19/h3-9,16-17,27H,1-2H3,(H,28,29). The second kappa shape index (κ2) is 7.02. The van der Waals surface area contributed by atoms with E-state index in [2.05, 4.69) is 16.3 Å². The van der Waals surface area contributed by atoms with Gasteiger partial charge in [0.15, 0.2) is 0 Å². The van der Waals surface area contributed by atoms with Crippen molar-refractivity contribution in [1.82, 2.24) is 10.2 Å². The minimum absolute atomic E-state index is 0.157. The molecule has 8 heteroatoms. The Labute approximate surface area is 170 Å². The van der Waals surface area contributed by atoms with Gasteiger partial charge in [-0.2, -0.15) is 18.4 Å². The average molecular weight is 410 g/mol. The van der Waals surface area contributed by atoms with E-state index in [4.69, 9.17) is 10.1 Å². The molecule has 0 bridgehead atoms. The van der Waals surface area contributed by atoms with Gasteiger partial charge in [0.2, 0.25) is 11.8 Å². The molecule has 0 aliphatic carbocycles. The van der Waals surface area contributed by atoms with Crippen molar-refractivity contribution < 1.29 is 17.9 Å². The first kappa shape index (κ1) is 19.7. The van der Waals surface area contributed by atoms with E-state index in [1.807, 2.05) is 32.0 Å². The topological polar surface area (TPSA) is 85.5 Å². The molecule has 0 fully saturated rings. The van der Waals surface area contributed by atoms with Crippen LogP contribution in [0.15, 0.2) is 42.5 Å². The summed E-state index contributed by atoms with van der Waals surface area (Å²) in [6, 6.07) is 12.5. The van der Waals surface area contributed by atoms with Crippen molar-refractivity contribution in [2.45, 2.75) is 25.9 Å². The van der Waals surface area contributed by atoms with Crippen LogP contribution in [-0.4, -0.2) is 16.1 Å². The van der Waals surface area contributed by atoms with E-state index in [9.17, 15) is 18.4 Å². The zero-order valence-electron chi connectivity index (χ0n) is 16.1. The molecule has 1 aromatic heterocycles. The minimum Gasteiger partial charge on any atom is -0.422 e. The Kier molecular flexibility index (Phi) is 4.61. The monoisotopic (exact) mass is 410 g/mol. The minimum atomic E-state index is -4.46. The van der Waals surface area contributed by atoms with Crippen LogP contribution in [0.5, 0.6) is 5.88 Å². The summed E-state index contributed by atoms with van der Waals surface area (Å²) in [6.07, 6.45) is -4.46. The van der Waals surface area contributed by atoms with Crippen LogP contribution in [0.2, 0.25) is 0 Å². The third-order valence-electron chi connectivity index (χ3n) is 5.43. The lowest BCUT2D eigenvalue weighted by Crippen LogP contribution is -2.30. The zero-order valence-corrected chi connectivity index (χ0v) is 16.1. The molecule has 1 aliphatic heterocycles. The van der Waals surface area contributed by atoms with Crippen molar-refractivity contribution in [3.05, 3.63) is 70.3 Å². The van der Waals surface area contributed by atoms with Gasteiger partial charge in [-0.25, -0.2) is 0 Å². The van der Waals surface area contributed by atoms with Crippen LogP contribution in [-0.2, 0) is 6.18 Å². The molecule has 4 rings (SSSR count). The Morgan fingerprint density at radius 1 is 1.10 bits per heavy atom. The number of nitrogens with zero attached hydrogens (tertiary/aromatic N) is 2. The highest BCUT2D eigenvalue weighted by Gasteiger charge is 2.41. The maximum Gasteiger partial charge on any atom is 0.416 e. The van der Waals surface area contributed by atoms with Crippen LogP contribution in [0.4, 0.5) is 13.2 Å². The summed E-state index contributed by atoms with van der Waals surface area (Å²) in [6.45, 7) is 3.96. The second-order valence-electron chi connectivity index (χ2n) is 7.29. The lowest BCUT2D eigenvalue weighted by molar-refractivity contribution is -0.137. The Hall–Kier alpha value is -3.60. The van der Waals surface area contributed by atoms with Crippen molar-refractivity contribution in [2.75, 3.05) is 0 Å². The number of ether oxygens (including phenoxy) is 1. The molecule has 2 N–H and O–H groups in total. The number of rotatable bonds is 2. The summed E-state index contributed by atoms with van der Waals surface area (Å²) in [7, 11) is 0. The molecule has 2 aromatic carbocycles. The van der Waals surface area contributed by atoms with Gasteiger partial charge in [-0.05, 0) is 48.7 Å². The highest BCUT2D eigenvalue weighted by Crippen LogP contribution is 2.46. The number of aromatic nitrogens is 2. The van der Waals surface area contributed by atoms with Crippen LogP contribution in [0.3, 0.4) is 0 Å². The molecule has 2 heterocycles. The summed E-state index contributed by atoms with van der Waals surface area (Å²) in [5.41, 5.74) is 3.87. The van der Waals surface area contributed by atoms with E-state index in [1.54, 1.807) is 0 Å². The first-order chi connectivity index (χ1) is 14.2. The fraction of sp³-hybridized carbons (Fsp3) is 0.227. The molecular weight excluding hydrogens is 393 g/mol. The van der Waals surface area contributed by atoms with Crippen LogP contribution in [0.25, 0.3) is 11.3 Å². The molecule has 0 saturated carbocycles. The number of hydrogen-bond donors (Lipinski definition) is 2. The number of aromatic amines is 1. The molecule has 0 amide bonds. The quantitative estimate of drug-likeness (QED) is 0.597. The van der Waals surface area contributed by atoms with Gasteiger partial charge in [0.25, 0.3) is 0 Å². The van der Waals surface area contributed by atoms with Gasteiger partial charge >= 0.3 is 6.18 Å². The number of benzene rings is 2. The van der Waals surface area contributed by atoms with Crippen molar-refractivity contribution >= 4 is 5.90 Å². The predicted molar refractivity (Wildman–Crippen MR) is 104 cm³/mol. The lowest BCUT2D eigenvalue weighted by Gasteiger charge is -2.28. The highest BCUT2D eigenvalue weighted by molar-refractivity contribution is 5.86. The molecule has 0 spiro atoms. The largest absolute Gasteiger partial charge is 0.422 e. The molecule has 0 saturated heterocycles. The molecule has 30 heavy (non-hydrogen) atoms. The van der Waals surface area contributed by atoms with Gasteiger partial charge in [0.1, 0.15) is 5.92 Å². The van der Waals surface area contributed by atoms with Crippen LogP contribution in [0, 0.1) is 36.5 Å². The Bertz CT molecular complexity index is 1170. The normalized spacial score (nSPS) is 18.5. The average Bonchev–Trinajstić information content (AvgIpc) is 3.11. The third kappa shape index (κ3) is 3.22. The molecule has 152 valence electrons. The summed E-state index contributed by atoms with van der Waals surface area (Å²) in [5, 5.41) is 24.9. The van der Waals surface area contributed by atoms with Crippen LogP contribution < -0.4 is 4.74 Å². The Morgan fingerprint density at radius 3 is 2.40 bits per heavy atom. The van der Waals surface area contributed by atoms with E-state index in [0.717, 1.165) is 28.8 Å². The maximum absolute atomic E-state index is 13.0. The number of H-pyrrole nitrogens is 1. The number of alkyl halides is 3. The summed E-state index contributed by atoms with van der Waals surface area (Å²) in [4.78, 5) is 0. The second-order valence-corrected chi connectivity index (χ2v) is 7.29. The number of fused-ring (bicyclic) bond motifs is 1. The van der Waals surface area contributed by atoms with Crippen molar-refractivity contribution in [3.8, 4) is 23.2 Å². The van der Waals surface area contributed by atoms with Crippen molar-refractivity contribution in [1.29, 1.82) is 10.7 Å². The number of hydrogen-bond acceptors (Lipinski definition) is 4. The molecule has 2 unspecified atom stereocenters. The molecule has 0 radical (unpaired) electrons. The third-order valence-corrected chi connectivity index (χ3v) is 5.43. The zero-order chi connectivity index (χ0) is 21.6. The van der Waals surface area contributed by atoms with Crippen molar-refractivity contribution in [3.63, 3.8) is 0 Å². The van der Waals surface area contributed by atoms with Gasteiger partial charge in [0, 0.05) is 11.5 Å². The summed E-state index contributed by atoms with van der Waals surface area (Å²) in [5.74, 6) is -1.81. The molecule has 5 nitrogen and oxygen atoms in total. The fourth-order valence-electron chi connectivity index (χ4n) is 3.67. The fourth-order valence-corrected chi connectivity index (χ4v) is 3.67. The van der Waals surface area contributed by atoms with E-state index in [-0.39, 0.29) is 11.8 Å². The lowest BCUT2D eigenvalue weighted by atomic mass is 9.78. The number of aryl methyl sites for hydroxylation is 2. The Balaban J connectivity index is 1.88. The smallest absolute Gasteiger partial charge is 0.416 e. The van der Waals surface area contributed by atoms with Gasteiger partial charge in [-0.15, -0.1) is 5.10 Å². The number of nitrogens with one attached hydrogen (secondary N) is 2. The van der Waals surface area contributed by atoms with Crippen LogP contribution >= 0.6 is 0 Å². The summed E-state index contributed by atoms with van der Waals surface area (Å²) < 4.78 is 44.4. The molecule has 3 aromatic rings. The first-order valence-electron chi connectivity index (χ1n) is 9.19. The molecule has 2 atom stereocenters. The van der Waals surface area contributed by atoms with Gasteiger partial charge in [0.05, 0.1) is 22.9 Å². The maximum atomic E-state index is 13.0. The molecular formula is C22H17F3N4O. The van der Waals surface area contributed by atoms with E-state index in [1.165, 1.54) is 12.1 Å². The van der Waals surface area contributed by atoms with E-state index < -0.39 is 23.6 Å². The number of nitriles is 1.